The SMILES string of the molecule is c1ccc(CNCc2cncc(-c3cnc4[nH]nc(-c5cc6c(-c7cccnc7)ccnc6[nH]5)c4c3)c2)cc1. The van der Waals surface area contributed by atoms with Crippen molar-refractivity contribution in [3.63, 3.8) is 0 Å². The number of hydrogen-bond donors (Lipinski definition) is 3. The summed E-state index contributed by atoms with van der Waals surface area (Å²) in [6.45, 7) is 1.53. The highest BCUT2D eigenvalue weighted by molar-refractivity contribution is 5.99. The van der Waals surface area contributed by atoms with Gasteiger partial charge < -0.3 is 10.3 Å². The molecule has 0 amide bonds. The van der Waals surface area contributed by atoms with E-state index >= 15 is 0 Å². The highest BCUT2D eigenvalue weighted by Gasteiger charge is 2.16. The van der Waals surface area contributed by atoms with Gasteiger partial charge in [-0.1, -0.05) is 36.4 Å². The van der Waals surface area contributed by atoms with Crippen molar-refractivity contribution in [3.05, 3.63) is 115 Å². The molecular weight excluding hydrogens is 484 g/mol. The fourth-order valence-electron chi connectivity index (χ4n) is 4.88. The van der Waals surface area contributed by atoms with Crippen LogP contribution in [0.5, 0.6) is 0 Å². The molecular formula is C31H24N8. The van der Waals surface area contributed by atoms with E-state index in [0.29, 0.717) is 0 Å². The van der Waals surface area contributed by atoms with Gasteiger partial charge in [0.1, 0.15) is 11.3 Å². The molecule has 0 aliphatic heterocycles. The minimum Gasteiger partial charge on any atom is -0.338 e. The van der Waals surface area contributed by atoms with Crippen molar-refractivity contribution in [1.82, 2.24) is 40.4 Å². The summed E-state index contributed by atoms with van der Waals surface area (Å²) in [7, 11) is 0. The Bertz CT molecular complexity index is 1890. The summed E-state index contributed by atoms with van der Waals surface area (Å²) in [5.74, 6) is 0. The number of H-pyrrole nitrogens is 2. The first-order chi connectivity index (χ1) is 19.3. The molecule has 0 bridgehead atoms. The number of rotatable bonds is 7. The zero-order valence-corrected chi connectivity index (χ0v) is 21.0. The van der Waals surface area contributed by atoms with Crippen LogP contribution in [0, 0.1) is 0 Å². The maximum Gasteiger partial charge on any atom is 0.155 e. The fraction of sp³-hybridized carbons (Fsp3) is 0.0645. The van der Waals surface area contributed by atoms with Crippen molar-refractivity contribution in [1.29, 1.82) is 0 Å². The van der Waals surface area contributed by atoms with Crippen LogP contribution in [0.25, 0.3) is 55.7 Å². The van der Waals surface area contributed by atoms with Crippen LogP contribution in [-0.2, 0) is 13.1 Å². The monoisotopic (exact) mass is 508 g/mol. The highest BCUT2D eigenvalue weighted by Crippen LogP contribution is 2.33. The maximum atomic E-state index is 4.66. The number of nitrogens with one attached hydrogen (secondary N) is 3. The van der Waals surface area contributed by atoms with Crippen LogP contribution in [0.15, 0.2) is 104 Å². The molecule has 8 nitrogen and oxygen atoms in total. The Kier molecular flexibility index (Phi) is 5.84. The zero-order valence-electron chi connectivity index (χ0n) is 21.0. The predicted molar refractivity (Wildman–Crippen MR) is 152 cm³/mol. The summed E-state index contributed by atoms with van der Waals surface area (Å²) in [5.41, 5.74) is 9.65. The molecule has 0 atom stereocenters. The van der Waals surface area contributed by atoms with Crippen LogP contribution in [-0.4, -0.2) is 35.1 Å². The number of aromatic amines is 2. The lowest BCUT2D eigenvalue weighted by Gasteiger charge is -2.07. The number of fused-ring (bicyclic) bond motifs is 2. The minimum absolute atomic E-state index is 0.724. The van der Waals surface area contributed by atoms with Crippen LogP contribution >= 0.6 is 0 Å². The Labute approximate surface area is 224 Å². The van der Waals surface area contributed by atoms with Crippen molar-refractivity contribution < 1.29 is 0 Å². The van der Waals surface area contributed by atoms with Crippen molar-refractivity contribution in [2.24, 2.45) is 0 Å². The second kappa shape index (κ2) is 9.92. The van der Waals surface area contributed by atoms with Crippen LogP contribution in [0.1, 0.15) is 11.1 Å². The van der Waals surface area contributed by atoms with Crippen LogP contribution in [0.3, 0.4) is 0 Å². The van der Waals surface area contributed by atoms with Crippen LogP contribution in [0.4, 0.5) is 0 Å². The molecule has 8 heteroatoms. The number of nitrogens with zero attached hydrogens (tertiary/aromatic N) is 5. The van der Waals surface area contributed by atoms with Gasteiger partial charge in [-0.15, -0.1) is 0 Å². The third-order valence-electron chi connectivity index (χ3n) is 6.81. The topological polar surface area (TPSA) is 108 Å². The third-order valence-corrected chi connectivity index (χ3v) is 6.81. The summed E-state index contributed by atoms with van der Waals surface area (Å²) in [6.07, 6.45) is 11.1. The maximum absolute atomic E-state index is 4.66. The molecule has 7 aromatic rings. The lowest BCUT2D eigenvalue weighted by Crippen LogP contribution is -2.12. The largest absolute Gasteiger partial charge is 0.338 e. The van der Waals surface area contributed by atoms with Gasteiger partial charge in [0.05, 0.1) is 5.69 Å². The van der Waals surface area contributed by atoms with Crippen LogP contribution < -0.4 is 5.32 Å². The molecule has 0 spiro atoms. The van der Waals surface area contributed by atoms with Gasteiger partial charge in [0, 0.05) is 77.7 Å². The molecule has 0 saturated heterocycles. The van der Waals surface area contributed by atoms with Gasteiger partial charge in [-0.2, -0.15) is 5.10 Å². The van der Waals surface area contributed by atoms with E-state index in [0.717, 1.165) is 74.4 Å². The van der Waals surface area contributed by atoms with Gasteiger partial charge in [0.25, 0.3) is 0 Å². The molecule has 39 heavy (non-hydrogen) atoms. The summed E-state index contributed by atoms with van der Waals surface area (Å²) in [5, 5.41) is 13.1. The summed E-state index contributed by atoms with van der Waals surface area (Å²) < 4.78 is 0. The van der Waals surface area contributed by atoms with Gasteiger partial charge >= 0.3 is 0 Å². The first kappa shape index (κ1) is 22.9. The molecule has 0 saturated carbocycles. The Morgan fingerprint density at radius 1 is 0.641 bits per heavy atom. The fourth-order valence-corrected chi connectivity index (χ4v) is 4.88. The Morgan fingerprint density at radius 3 is 2.41 bits per heavy atom. The van der Waals surface area contributed by atoms with Gasteiger partial charge in [-0.25, -0.2) is 9.97 Å². The molecule has 0 unspecified atom stereocenters. The number of benzene rings is 1. The van der Waals surface area contributed by atoms with E-state index in [1.165, 1.54) is 5.56 Å². The van der Waals surface area contributed by atoms with Crippen molar-refractivity contribution >= 4 is 22.1 Å². The van der Waals surface area contributed by atoms with E-state index in [1.807, 2.05) is 55.2 Å². The van der Waals surface area contributed by atoms with E-state index in [9.17, 15) is 0 Å². The molecule has 6 aromatic heterocycles. The molecule has 0 fully saturated rings. The zero-order chi connectivity index (χ0) is 26.0. The van der Waals surface area contributed by atoms with Crippen molar-refractivity contribution in [2.75, 3.05) is 0 Å². The summed E-state index contributed by atoms with van der Waals surface area (Å²) in [6, 6.07) is 22.7. The van der Waals surface area contributed by atoms with Gasteiger partial charge in [0.2, 0.25) is 0 Å². The highest BCUT2D eigenvalue weighted by atomic mass is 15.2. The Hall–Kier alpha value is -5.21. The minimum atomic E-state index is 0.724. The van der Waals surface area contributed by atoms with Crippen molar-refractivity contribution in [3.8, 4) is 33.6 Å². The molecule has 0 radical (unpaired) electrons. The third kappa shape index (κ3) is 4.54. The number of aromatic nitrogens is 7. The number of hydrogen-bond acceptors (Lipinski definition) is 6. The first-order valence-corrected chi connectivity index (χ1v) is 12.7. The smallest absolute Gasteiger partial charge is 0.155 e. The standard InChI is InChI=1S/C31H24N8/c1-2-5-20(6-3-1)14-33-15-21-11-23(18-34-16-21)24-12-27-29(38-39-31(27)36-19-24)28-13-26-25(8-10-35-30(26)37-28)22-7-4-9-32-17-22/h1-13,16-19,33H,14-15H2,(H,35,37)(H,36,38,39). The quantitative estimate of drug-likeness (QED) is 0.247. The summed E-state index contributed by atoms with van der Waals surface area (Å²) in [4.78, 5) is 21.4. The average Bonchev–Trinajstić information content (AvgIpc) is 3.62. The predicted octanol–water partition coefficient (Wildman–Crippen LogP) is 5.92. The van der Waals surface area contributed by atoms with E-state index in [-0.39, 0.29) is 0 Å². The van der Waals surface area contributed by atoms with Gasteiger partial charge in [-0.3, -0.25) is 15.1 Å². The van der Waals surface area contributed by atoms with E-state index in [2.05, 4.69) is 82.9 Å². The van der Waals surface area contributed by atoms with Gasteiger partial charge in [-0.05, 0) is 47.0 Å². The van der Waals surface area contributed by atoms with Gasteiger partial charge in [0.15, 0.2) is 5.65 Å². The summed E-state index contributed by atoms with van der Waals surface area (Å²) >= 11 is 0. The molecule has 188 valence electrons. The van der Waals surface area contributed by atoms with Crippen LogP contribution in [0.2, 0.25) is 0 Å². The molecule has 7 rings (SSSR count). The Balaban J connectivity index is 1.20. The molecule has 0 aliphatic rings. The molecule has 6 heterocycles. The average molecular weight is 509 g/mol. The van der Waals surface area contributed by atoms with E-state index < -0.39 is 0 Å². The first-order valence-electron chi connectivity index (χ1n) is 12.7. The molecule has 0 aliphatic carbocycles. The number of pyridine rings is 4. The van der Waals surface area contributed by atoms with Crippen molar-refractivity contribution in [2.45, 2.75) is 13.1 Å². The van der Waals surface area contributed by atoms with E-state index in [4.69, 9.17) is 0 Å². The second-order valence-electron chi connectivity index (χ2n) is 9.41. The Morgan fingerprint density at radius 2 is 1.51 bits per heavy atom. The second-order valence-corrected chi connectivity index (χ2v) is 9.41. The lowest BCUT2D eigenvalue weighted by atomic mass is 10.0. The lowest BCUT2D eigenvalue weighted by molar-refractivity contribution is 0.691. The normalized spacial score (nSPS) is 11.4. The molecule has 1 aromatic carbocycles. The van der Waals surface area contributed by atoms with E-state index in [1.54, 1.807) is 6.20 Å². The molecule has 3 N–H and O–H groups in total.